The van der Waals surface area contributed by atoms with E-state index in [1.54, 1.807) is 0 Å². The maximum Gasteiger partial charge on any atom is 1.00 e. The summed E-state index contributed by atoms with van der Waals surface area (Å²) in [5.74, 6) is 0. The third kappa shape index (κ3) is 9.37. The topological polar surface area (TPSA) is 57.2 Å². The Bertz CT molecular complexity index is 337. The summed E-state index contributed by atoms with van der Waals surface area (Å²) in [7, 11) is -5.92. The first kappa shape index (κ1) is 23.6. The molecule has 0 fully saturated rings. The van der Waals surface area contributed by atoms with Crippen molar-refractivity contribution in [2.75, 3.05) is 0 Å². The van der Waals surface area contributed by atoms with E-state index in [1.165, 1.54) is 6.42 Å². The monoisotopic (exact) mass is 342 g/mol. The minimum Gasteiger partial charge on any atom is -0.743 e. The van der Waals surface area contributed by atoms with Crippen LogP contribution in [0.4, 0.5) is 13.2 Å². The van der Waals surface area contributed by atoms with Crippen LogP contribution in [0.5, 0.6) is 0 Å². The molecule has 0 amide bonds. The van der Waals surface area contributed by atoms with Gasteiger partial charge in [-0.1, -0.05) is 58.3 Å². The Labute approximate surface area is 162 Å². The summed E-state index contributed by atoms with van der Waals surface area (Å²) in [6.45, 7) is 2.10. The van der Waals surface area contributed by atoms with Gasteiger partial charge in [-0.15, -0.1) is 0 Å². The molecule has 0 rings (SSSR count). The number of unbranched alkanes of at least 4 members (excludes halogenated alkanes) is 7. The minimum atomic E-state index is -5.92. The second-order valence-corrected chi connectivity index (χ2v) is 6.20. The summed E-state index contributed by atoms with van der Waals surface area (Å²) in [5, 5.41) is -4.81. The fourth-order valence-electron chi connectivity index (χ4n) is 1.78. The largest absolute Gasteiger partial charge is 1.00 e. The van der Waals surface area contributed by atoms with Crippen LogP contribution in [0, 0.1) is 0 Å². The maximum atomic E-state index is 13.0. The number of rotatable bonds is 11. The average molecular weight is 342 g/mol. The molecule has 0 aliphatic heterocycles. The fraction of sp³-hybridized carbons (Fsp3) is 1.00. The van der Waals surface area contributed by atoms with E-state index in [-0.39, 0.29) is 57.8 Å². The van der Waals surface area contributed by atoms with Crippen LogP contribution in [0.3, 0.4) is 0 Å². The fourth-order valence-corrected chi connectivity index (χ4v) is 2.21. The van der Waals surface area contributed by atoms with Crippen molar-refractivity contribution in [1.82, 2.24) is 0 Å². The molecule has 1 unspecified atom stereocenters. The SMILES string of the molecule is CCCCCCCCCCC(F)C(F)(F)S(=O)(=O)[O-].[K+]. The molecule has 1 atom stereocenters. The van der Waals surface area contributed by atoms with Gasteiger partial charge < -0.3 is 4.55 Å². The van der Waals surface area contributed by atoms with Crippen LogP contribution in [-0.2, 0) is 10.1 Å². The van der Waals surface area contributed by atoms with Crippen molar-refractivity contribution in [2.45, 2.75) is 76.1 Å². The van der Waals surface area contributed by atoms with Gasteiger partial charge >= 0.3 is 56.6 Å². The molecule has 3 nitrogen and oxygen atoms in total. The molecule has 8 heteroatoms. The molecular formula is C12H22F3KO3S. The molecule has 0 saturated carbocycles. The van der Waals surface area contributed by atoms with Crippen molar-refractivity contribution in [3.8, 4) is 0 Å². The number of hydrogen-bond donors (Lipinski definition) is 0. The third-order valence-electron chi connectivity index (χ3n) is 3.01. The van der Waals surface area contributed by atoms with Gasteiger partial charge in [-0.3, -0.25) is 0 Å². The minimum absolute atomic E-state index is 0. The molecule has 0 aromatic rings. The Hall–Kier alpha value is 1.34. The normalized spacial score (nSPS) is 13.8. The van der Waals surface area contributed by atoms with Gasteiger partial charge in [-0.05, 0) is 6.42 Å². The molecule has 0 N–H and O–H groups in total. The maximum absolute atomic E-state index is 13.0. The van der Waals surface area contributed by atoms with Gasteiger partial charge in [0.15, 0.2) is 16.3 Å². The zero-order valence-corrected chi connectivity index (χ0v) is 16.1. The summed E-state index contributed by atoms with van der Waals surface area (Å²) in [5.41, 5.74) is 0. The standard InChI is InChI=1S/C12H23F3O3S.K/c1-2-3-4-5-6-7-8-9-10-11(13)12(14,15)19(16,17)18;/h11H,2-10H2,1H3,(H,16,17,18);/q;+1/p-1. The van der Waals surface area contributed by atoms with E-state index < -0.39 is 28.0 Å². The van der Waals surface area contributed by atoms with Crippen LogP contribution in [0.25, 0.3) is 0 Å². The predicted octanol–water partition coefficient (Wildman–Crippen LogP) is 0.997. The molecule has 20 heavy (non-hydrogen) atoms. The molecule has 0 saturated heterocycles. The van der Waals surface area contributed by atoms with Crippen LogP contribution in [-0.4, -0.2) is 24.4 Å². The van der Waals surface area contributed by atoms with Gasteiger partial charge in [0.2, 0.25) is 0 Å². The Balaban J connectivity index is 0. The van der Waals surface area contributed by atoms with Crippen LogP contribution in [0.15, 0.2) is 0 Å². The summed E-state index contributed by atoms with van der Waals surface area (Å²) >= 11 is 0. The third-order valence-corrected chi connectivity index (χ3v) is 3.93. The van der Waals surface area contributed by atoms with Crippen molar-refractivity contribution >= 4 is 10.1 Å². The molecule has 0 aromatic carbocycles. The Morgan fingerprint density at radius 3 is 1.80 bits per heavy atom. The molecule has 0 aliphatic rings. The number of halogens is 3. The van der Waals surface area contributed by atoms with Gasteiger partial charge in [-0.25, -0.2) is 12.8 Å². The smallest absolute Gasteiger partial charge is 0.743 e. The van der Waals surface area contributed by atoms with Crippen molar-refractivity contribution in [3.63, 3.8) is 0 Å². The summed E-state index contributed by atoms with van der Waals surface area (Å²) in [6, 6.07) is 0. The van der Waals surface area contributed by atoms with E-state index in [9.17, 15) is 26.1 Å². The zero-order valence-electron chi connectivity index (χ0n) is 12.2. The van der Waals surface area contributed by atoms with Gasteiger partial charge in [0, 0.05) is 0 Å². The van der Waals surface area contributed by atoms with Crippen LogP contribution >= 0.6 is 0 Å². The average Bonchev–Trinajstić information content (AvgIpc) is 2.30. The van der Waals surface area contributed by atoms with E-state index >= 15 is 0 Å². The molecular weight excluding hydrogens is 320 g/mol. The van der Waals surface area contributed by atoms with Crippen molar-refractivity contribution in [1.29, 1.82) is 0 Å². The Morgan fingerprint density at radius 1 is 1.00 bits per heavy atom. The van der Waals surface area contributed by atoms with Crippen LogP contribution in [0.1, 0.15) is 64.7 Å². The molecule has 0 spiro atoms. The van der Waals surface area contributed by atoms with E-state index in [0.717, 1.165) is 32.1 Å². The predicted molar refractivity (Wildman–Crippen MR) is 66.8 cm³/mol. The molecule has 0 heterocycles. The van der Waals surface area contributed by atoms with Crippen LogP contribution in [0.2, 0.25) is 0 Å². The van der Waals surface area contributed by atoms with E-state index in [2.05, 4.69) is 6.92 Å². The van der Waals surface area contributed by atoms with Gasteiger partial charge in [0.05, 0.1) is 0 Å². The van der Waals surface area contributed by atoms with Gasteiger partial charge in [0.25, 0.3) is 0 Å². The summed E-state index contributed by atoms with van der Waals surface area (Å²) in [6.07, 6.45) is 3.52. The summed E-state index contributed by atoms with van der Waals surface area (Å²) in [4.78, 5) is 0. The second-order valence-electron chi connectivity index (χ2n) is 4.75. The summed E-state index contributed by atoms with van der Waals surface area (Å²) < 4.78 is 69.1. The quantitative estimate of drug-likeness (QED) is 0.320. The molecule has 0 bridgehead atoms. The van der Waals surface area contributed by atoms with Crippen molar-refractivity contribution in [2.24, 2.45) is 0 Å². The first-order valence-electron chi connectivity index (χ1n) is 6.70. The molecule has 0 radical (unpaired) electrons. The van der Waals surface area contributed by atoms with Crippen LogP contribution < -0.4 is 51.4 Å². The van der Waals surface area contributed by atoms with Gasteiger partial charge in [0.1, 0.15) is 0 Å². The molecule has 0 aliphatic carbocycles. The van der Waals surface area contributed by atoms with Crippen molar-refractivity contribution in [3.05, 3.63) is 0 Å². The molecule has 0 aromatic heterocycles. The van der Waals surface area contributed by atoms with Gasteiger partial charge in [-0.2, -0.15) is 8.78 Å². The first-order chi connectivity index (χ1) is 8.73. The van der Waals surface area contributed by atoms with Crippen molar-refractivity contribution < 1.29 is 77.5 Å². The van der Waals surface area contributed by atoms with E-state index in [4.69, 9.17) is 0 Å². The Kier molecular flexibility index (Phi) is 14.0. The molecule has 116 valence electrons. The Morgan fingerprint density at radius 2 is 1.40 bits per heavy atom. The number of alkyl halides is 3. The first-order valence-corrected chi connectivity index (χ1v) is 8.11. The number of hydrogen-bond acceptors (Lipinski definition) is 3. The second kappa shape index (κ2) is 11.8. The van der Waals surface area contributed by atoms with E-state index in [1.807, 2.05) is 0 Å². The van der Waals surface area contributed by atoms with E-state index in [0.29, 0.717) is 6.42 Å². The zero-order chi connectivity index (χ0) is 14.9.